The van der Waals surface area contributed by atoms with E-state index >= 15 is 0 Å². The molecular weight excluding hydrogens is 176 g/mol. The summed E-state index contributed by atoms with van der Waals surface area (Å²) in [5.41, 5.74) is 0. The lowest BCUT2D eigenvalue weighted by Crippen LogP contribution is -2.07. The summed E-state index contributed by atoms with van der Waals surface area (Å²) < 4.78 is 4.33. The van der Waals surface area contributed by atoms with Crippen LogP contribution in [0.4, 0.5) is 0 Å². The molecule has 1 aliphatic heterocycles. The maximum Gasteiger partial charge on any atom is 0.313 e. The lowest BCUT2D eigenvalue weighted by Gasteiger charge is -1.92. The minimum Gasteiger partial charge on any atom is -0.481 e. The number of carboxylic acid groups (broad SMARTS) is 1. The maximum absolute atomic E-state index is 10.5. The van der Waals surface area contributed by atoms with Crippen molar-refractivity contribution >= 4 is 17.9 Å². The fourth-order valence-corrected chi connectivity index (χ4v) is 0.768. The topological polar surface area (TPSA) is 80.7 Å². The summed E-state index contributed by atoms with van der Waals surface area (Å²) in [6.07, 6.45) is 2.35. The van der Waals surface area contributed by atoms with Gasteiger partial charge in [-0.05, 0) is 12.8 Å². The maximum atomic E-state index is 10.5. The molecule has 0 unspecified atom stereocenters. The van der Waals surface area contributed by atoms with Crippen molar-refractivity contribution in [2.45, 2.75) is 32.6 Å². The van der Waals surface area contributed by atoms with Crippen molar-refractivity contribution in [1.29, 1.82) is 0 Å². The number of carbonyl (C=O) groups is 3. The van der Waals surface area contributed by atoms with E-state index in [1.165, 1.54) is 0 Å². The third kappa shape index (κ3) is 8.52. The first-order valence-corrected chi connectivity index (χ1v) is 3.95. The molecule has 1 rings (SSSR count). The van der Waals surface area contributed by atoms with Gasteiger partial charge in [-0.3, -0.25) is 14.4 Å². The Bertz CT molecular complexity index is 189. The lowest BCUT2D eigenvalue weighted by atomic mass is 10.2. The molecule has 1 heterocycles. The Morgan fingerprint density at radius 2 is 1.54 bits per heavy atom. The average Bonchev–Trinajstić information content (AvgIpc) is 2.12. The molecule has 1 saturated heterocycles. The van der Waals surface area contributed by atoms with E-state index < -0.39 is 5.97 Å². The van der Waals surface area contributed by atoms with Crippen molar-refractivity contribution in [2.75, 3.05) is 0 Å². The molecule has 0 aliphatic carbocycles. The first kappa shape index (κ1) is 11.6. The summed E-state index contributed by atoms with van der Waals surface area (Å²) in [6, 6.07) is 0. The van der Waals surface area contributed by atoms with Gasteiger partial charge in [0.1, 0.15) is 0 Å². The first-order valence-electron chi connectivity index (χ1n) is 3.95. The lowest BCUT2D eigenvalue weighted by molar-refractivity contribution is -0.158. The van der Waals surface area contributed by atoms with Gasteiger partial charge in [0.2, 0.25) is 0 Å². The Morgan fingerprint density at radius 1 is 1.23 bits per heavy atom. The molecule has 1 aliphatic rings. The Morgan fingerprint density at radius 3 is 1.85 bits per heavy atom. The van der Waals surface area contributed by atoms with Crippen molar-refractivity contribution in [2.24, 2.45) is 0 Å². The van der Waals surface area contributed by atoms with Gasteiger partial charge in [-0.25, -0.2) is 0 Å². The molecule has 0 aromatic carbocycles. The van der Waals surface area contributed by atoms with Crippen LogP contribution >= 0.6 is 0 Å². The Labute approximate surface area is 75.7 Å². The molecule has 1 N–H and O–H groups in total. The van der Waals surface area contributed by atoms with Gasteiger partial charge in [0.25, 0.3) is 5.97 Å². The second-order valence-electron chi connectivity index (χ2n) is 2.57. The van der Waals surface area contributed by atoms with E-state index in [0.717, 1.165) is 19.8 Å². The van der Waals surface area contributed by atoms with Gasteiger partial charge in [0, 0.05) is 19.8 Å². The number of aliphatic carboxylic acids is 1. The SMILES string of the molecule is CC(=O)O.O=C1CCCCC(=O)O1. The molecular formula is C8H12O5. The van der Waals surface area contributed by atoms with Crippen LogP contribution in [-0.2, 0) is 19.1 Å². The number of carbonyl (C=O) groups excluding carboxylic acids is 2. The first-order chi connectivity index (χ1) is 6.02. The molecule has 5 heteroatoms. The minimum atomic E-state index is -0.833. The molecule has 0 aromatic rings. The number of ether oxygens (including phenoxy) is 1. The molecule has 0 aromatic heterocycles. The highest BCUT2D eigenvalue weighted by molar-refractivity contribution is 5.86. The van der Waals surface area contributed by atoms with Gasteiger partial charge < -0.3 is 9.84 Å². The molecule has 0 amide bonds. The van der Waals surface area contributed by atoms with Crippen LogP contribution in [0.2, 0.25) is 0 Å². The van der Waals surface area contributed by atoms with Crippen LogP contribution in [0.25, 0.3) is 0 Å². The number of rotatable bonds is 0. The predicted octanol–water partition coefficient (Wildman–Crippen LogP) is 0.721. The van der Waals surface area contributed by atoms with Crippen LogP contribution in [0.15, 0.2) is 0 Å². The fraction of sp³-hybridized carbons (Fsp3) is 0.625. The quantitative estimate of drug-likeness (QED) is 0.447. The minimum absolute atomic E-state index is 0.377. The third-order valence-corrected chi connectivity index (χ3v) is 1.24. The summed E-state index contributed by atoms with van der Waals surface area (Å²) in [7, 11) is 0. The zero-order valence-electron chi connectivity index (χ0n) is 7.41. The standard InChI is InChI=1S/C6H8O3.C2H4O2/c7-5-3-1-2-4-6(8)9-5;1-2(3)4/h1-4H2;1H3,(H,3,4). The van der Waals surface area contributed by atoms with Crippen molar-refractivity contribution < 1.29 is 24.2 Å². The molecule has 0 spiro atoms. The number of cyclic esters (lactones) is 2. The van der Waals surface area contributed by atoms with Crippen LogP contribution < -0.4 is 0 Å². The van der Waals surface area contributed by atoms with Gasteiger partial charge in [0.05, 0.1) is 0 Å². The second kappa shape index (κ2) is 6.16. The van der Waals surface area contributed by atoms with Gasteiger partial charge in [0.15, 0.2) is 0 Å². The zero-order valence-corrected chi connectivity index (χ0v) is 7.41. The molecule has 5 nitrogen and oxygen atoms in total. The van der Waals surface area contributed by atoms with E-state index in [-0.39, 0.29) is 11.9 Å². The molecule has 0 saturated carbocycles. The van der Waals surface area contributed by atoms with Crippen molar-refractivity contribution in [1.82, 2.24) is 0 Å². The smallest absolute Gasteiger partial charge is 0.313 e. The number of hydrogen-bond donors (Lipinski definition) is 1. The van der Waals surface area contributed by atoms with Gasteiger partial charge in [-0.2, -0.15) is 0 Å². The van der Waals surface area contributed by atoms with E-state index in [4.69, 9.17) is 9.90 Å². The summed E-state index contributed by atoms with van der Waals surface area (Å²) in [5, 5.41) is 7.42. The van der Waals surface area contributed by atoms with Crippen molar-refractivity contribution in [3.8, 4) is 0 Å². The van der Waals surface area contributed by atoms with Gasteiger partial charge in [-0.15, -0.1) is 0 Å². The molecule has 0 radical (unpaired) electrons. The normalized spacial score (nSPS) is 16.4. The second-order valence-corrected chi connectivity index (χ2v) is 2.57. The summed E-state index contributed by atoms with van der Waals surface area (Å²) in [5.74, 6) is -1.59. The average molecular weight is 188 g/mol. The summed E-state index contributed by atoms with van der Waals surface area (Å²) in [6.45, 7) is 1.08. The van der Waals surface area contributed by atoms with Gasteiger partial charge >= 0.3 is 11.9 Å². The highest BCUT2D eigenvalue weighted by Crippen LogP contribution is 2.07. The number of esters is 2. The van der Waals surface area contributed by atoms with Crippen LogP contribution in [0.3, 0.4) is 0 Å². The van der Waals surface area contributed by atoms with Gasteiger partial charge in [-0.1, -0.05) is 0 Å². The number of carboxylic acids is 1. The van der Waals surface area contributed by atoms with Crippen molar-refractivity contribution in [3.05, 3.63) is 0 Å². The molecule has 0 atom stereocenters. The predicted molar refractivity (Wildman–Crippen MR) is 42.9 cm³/mol. The Kier molecular flexibility index (Phi) is 5.50. The molecule has 13 heavy (non-hydrogen) atoms. The number of hydrogen-bond acceptors (Lipinski definition) is 4. The Balaban J connectivity index is 0.000000310. The van der Waals surface area contributed by atoms with E-state index in [0.29, 0.717) is 12.8 Å². The molecule has 1 fully saturated rings. The monoisotopic (exact) mass is 188 g/mol. The molecule has 0 bridgehead atoms. The largest absolute Gasteiger partial charge is 0.481 e. The van der Waals surface area contributed by atoms with E-state index in [1.807, 2.05) is 0 Å². The van der Waals surface area contributed by atoms with Crippen molar-refractivity contribution in [3.63, 3.8) is 0 Å². The Hall–Kier alpha value is -1.39. The van der Waals surface area contributed by atoms with Crippen LogP contribution in [0.1, 0.15) is 32.6 Å². The van der Waals surface area contributed by atoms with Crippen LogP contribution in [0.5, 0.6) is 0 Å². The van der Waals surface area contributed by atoms with E-state index in [2.05, 4.69) is 4.74 Å². The summed E-state index contributed by atoms with van der Waals surface area (Å²) in [4.78, 5) is 29.9. The van der Waals surface area contributed by atoms with E-state index in [1.54, 1.807) is 0 Å². The van der Waals surface area contributed by atoms with E-state index in [9.17, 15) is 9.59 Å². The highest BCUT2D eigenvalue weighted by atomic mass is 16.6. The third-order valence-electron chi connectivity index (χ3n) is 1.24. The molecule has 74 valence electrons. The van der Waals surface area contributed by atoms with Crippen LogP contribution in [0, 0.1) is 0 Å². The van der Waals surface area contributed by atoms with Crippen LogP contribution in [-0.4, -0.2) is 23.0 Å². The highest BCUT2D eigenvalue weighted by Gasteiger charge is 2.13. The fourth-order valence-electron chi connectivity index (χ4n) is 0.768. The zero-order chi connectivity index (χ0) is 10.3. The summed E-state index contributed by atoms with van der Waals surface area (Å²) >= 11 is 0.